The molecule has 0 bridgehead atoms. The van der Waals surface area contributed by atoms with Crippen molar-refractivity contribution >= 4 is 17.4 Å². The number of carbonyl (C=O) groups is 1. The second kappa shape index (κ2) is 7.92. The first-order chi connectivity index (χ1) is 14.9. The van der Waals surface area contributed by atoms with Gasteiger partial charge in [0.25, 0.3) is 0 Å². The summed E-state index contributed by atoms with van der Waals surface area (Å²) in [4.78, 5) is 17.3. The Kier molecular flexibility index (Phi) is 5.50. The number of carbonyl (C=O) groups excluding carboxylic acids is 1. The van der Waals surface area contributed by atoms with Crippen molar-refractivity contribution in [2.24, 2.45) is 46.8 Å². The molecule has 4 fully saturated rings. The number of fused-ring (bicyclic) bond motifs is 5. The highest BCUT2D eigenvalue weighted by Crippen LogP contribution is 2.65. The molecular weight excluding hydrogens is 408 g/mol. The molecule has 9 atom stereocenters. The van der Waals surface area contributed by atoms with Crippen LogP contribution in [0.1, 0.15) is 65.2 Å². The van der Waals surface area contributed by atoms with Crippen LogP contribution >= 0.6 is 11.6 Å². The van der Waals surface area contributed by atoms with Crippen molar-refractivity contribution in [1.82, 2.24) is 9.55 Å². The van der Waals surface area contributed by atoms with Gasteiger partial charge in [-0.15, -0.1) is 0 Å². The van der Waals surface area contributed by atoms with E-state index in [0.29, 0.717) is 30.1 Å². The van der Waals surface area contributed by atoms with Crippen LogP contribution in [0.3, 0.4) is 0 Å². The van der Waals surface area contributed by atoms with Crippen LogP contribution < -0.4 is 0 Å². The minimum absolute atomic E-state index is 0.150. The van der Waals surface area contributed by atoms with E-state index < -0.39 is 5.60 Å². The number of imidazole rings is 1. The third kappa shape index (κ3) is 3.39. The molecule has 1 heterocycles. The van der Waals surface area contributed by atoms with Gasteiger partial charge in [-0.1, -0.05) is 19.8 Å². The zero-order chi connectivity index (χ0) is 21.8. The molecule has 1 aromatic rings. The Bertz CT molecular complexity index is 889. The van der Waals surface area contributed by atoms with E-state index in [4.69, 9.17) is 11.6 Å². The SMILES string of the molecule is CC1C2CCC3C(CCC4(C)C(C(=O)Cn5ccnc5)CCC34)C2CCC1(O)C#CCl. The number of halogens is 1. The van der Waals surface area contributed by atoms with E-state index in [1.54, 1.807) is 12.5 Å². The molecule has 0 radical (unpaired) electrons. The molecule has 31 heavy (non-hydrogen) atoms. The molecule has 1 aromatic heterocycles. The third-order valence-electron chi connectivity index (χ3n) is 10.2. The maximum atomic E-state index is 13.2. The topological polar surface area (TPSA) is 55.1 Å². The zero-order valence-electron chi connectivity index (χ0n) is 18.8. The maximum Gasteiger partial charge on any atom is 0.156 e. The number of nitrogens with zero attached hydrogens (tertiary/aromatic N) is 2. The average molecular weight is 443 g/mol. The summed E-state index contributed by atoms with van der Waals surface area (Å²) in [6.07, 6.45) is 14.3. The Hall–Kier alpha value is -1.31. The largest absolute Gasteiger partial charge is 0.377 e. The van der Waals surface area contributed by atoms with Gasteiger partial charge in [-0.25, -0.2) is 4.98 Å². The minimum Gasteiger partial charge on any atom is -0.377 e. The molecule has 4 aliphatic rings. The number of rotatable bonds is 3. The van der Waals surface area contributed by atoms with Gasteiger partial charge in [-0.3, -0.25) is 4.79 Å². The standard InChI is InChI=1S/C26H35ClN2O2/c1-17-18-3-4-21-20(19(18)8-10-26(17,31)11-12-27)7-9-25(2)22(21)5-6-23(25)24(30)15-29-14-13-28-16-29/h13-14,16-23,31H,3-10,15H2,1-2H3. The summed E-state index contributed by atoms with van der Waals surface area (Å²) in [5, 5.41) is 13.5. The van der Waals surface area contributed by atoms with Crippen LogP contribution in [0.5, 0.6) is 0 Å². The van der Waals surface area contributed by atoms with Gasteiger partial charge >= 0.3 is 0 Å². The van der Waals surface area contributed by atoms with Gasteiger partial charge in [0, 0.05) is 23.7 Å². The van der Waals surface area contributed by atoms with Gasteiger partial charge in [0.15, 0.2) is 5.78 Å². The Morgan fingerprint density at radius 3 is 2.61 bits per heavy atom. The van der Waals surface area contributed by atoms with Crippen molar-refractivity contribution in [3.8, 4) is 11.3 Å². The van der Waals surface area contributed by atoms with Gasteiger partial charge in [0.1, 0.15) is 5.60 Å². The highest BCUT2D eigenvalue weighted by molar-refractivity contribution is 6.30. The minimum atomic E-state index is -0.920. The number of aliphatic hydroxyl groups is 1. The molecular formula is C26H35ClN2O2. The summed E-state index contributed by atoms with van der Waals surface area (Å²) in [5.74, 6) is 7.07. The summed E-state index contributed by atoms with van der Waals surface area (Å²) in [6, 6.07) is 0. The number of aromatic nitrogens is 2. The molecule has 0 amide bonds. The quantitative estimate of drug-likeness (QED) is 0.677. The Labute approximate surface area is 191 Å². The van der Waals surface area contributed by atoms with Crippen molar-refractivity contribution in [3.63, 3.8) is 0 Å². The van der Waals surface area contributed by atoms with Gasteiger partial charge in [0.2, 0.25) is 0 Å². The molecule has 0 spiro atoms. The van der Waals surface area contributed by atoms with E-state index in [0.717, 1.165) is 31.1 Å². The van der Waals surface area contributed by atoms with Gasteiger partial charge in [-0.05, 0) is 104 Å². The summed E-state index contributed by atoms with van der Waals surface area (Å²) >= 11 is 5.68. The van der Waals surface area contributed by atoms with Crippen molar-refractivity contribution in [1.29, 1.82) is 0 Å². The van der Waals surface area contributed by atoms with Crippen molar-refractivity contribution < 1.29 is 9.90 Å². The Balaban J connectivity index is 1.33. The number of hydrogen-bond donors (Lipinski definition) is 1. The van der Waals surface area contributed by atoms with Crippen LogP contribution in [0.2, 0.25) is 0 Å². The third-order valence-corrected chi connectivity index (χ3v) is 10.3. The Morgan fingerprint density at radius 2 is 1.87 bits per heavy atom. The highest BCUT2D eigenvalue weighted by atomic mass is 35.5. The van der Waals surface area contributed by atoms with Crippen molar-refractivity contribution in [2.75, 3.05) is 0 Å². The lowest BCUT2D eigenvalue weighted by atomic mass is 9.47. The lowest BCUT2D eigenvalue weighted by Gasteiger charge is -2.58. The molecule has 4 saturated carbocycles. The normalized spacial score (nSPS) is 46.3. The van der Waals surface area contributed by atoms with E-state index in [1.165, 1.54) is 32.1 Å². The number of Topliss-reactive ketones (excluding diaryl/α,β-unsaturated/α-hetero) is 1. The fraction of sp³-hybridized carbons (Fsp3) is 0.769. The summed E-state index contributed by atoms with van der Waals surface area (Å²) in [7, 11) is 0. The lowest BCUT2D eigenvalue weighted by Crippen LogP contribution is -2.54. The van der Waals surface area contributed by atoms with E-state index >= 15 is 0 Å². The number of hydrogen-bond acceptors (Lipinski definition) is 3. The molecule has 5 rings (SSSR count). The van der Waals surface area contributed by atoms with Crippen molar-refractivity contribution in [3.05, 3.63) is 18.7 Å². The Morgan fingerprint density at radius 1 is 1.13 bits per heavy atom. The van der Waals surface area contributed by atoms with E-state index in [9.17, 15) is 9.90 Å². The first-order valence-corrected chi connectivity index (χ1v) is 12.6. The fourth-order valence-electron chi connectivity index (χ4n) is 8.66. The molecule has 4 nitrogen and oxygen atoms in total. The number of ketones is 1. The molecule has 5 heteroatoms. The molecule has 0 aromatic carbocycles. The molecule has 9 unspecified atom stereocenters. The van der Waals surface area contributed by atoms with Crippen LogP contribution in [0, 0.1) is 58.1 Å². The van der Waals surface area contributed by atoms with Crippen LogP contribution in [0.15, 0.2) is 18.7 Å². The first kappa shape index (κ1) is 21.5. The van der Waals surface area contributed by atoms with Crippen LogP contribution in [0.25, 0.3) is 0 Å². The highest BCUT2D eigenvalue weighted by Gasteiger charge is 2.59. The zero-order valence-corrected chi connectivity index (χ0v) is 19.5. The van der Waals surface area contributed by atoms with Crippen molar-refractivity contribution in [2.45, 2.75) is 77.4 Å². The first-order valence-electron chi connectivity index (χ1n) is 12.2. The van der Waals surface area contributed by atoms with Crippen LogP contribution in [-0.4, -0.2) is 26.0 Å². The molecule has 168 valence electrons. The smallest absolute Gasteiger partial charge is 0.156 e. The predicted molar refractivity (Wildman–Crippen MR) is 121 cm³/mol. The van der Waals surface area contributed by atoms with E-state index in [1.807, 2.05) is 10.8 Å². The summed E-state index contributed by atoms with van der Waals surface area (Å²) in [5.41, 5.74) is -0.770. The van der Waals surface area contributed by atoms with Crippen LogP contribution in [-0.2, 0) is 11.3 Å². The molecule has 0 aliphatic heterocycles. The second-order valence-electron chi connectivity index (χ2n) is 11.2. The van der Waals surface area contributed by atoms with Gasteiger partial charge in [0.05, 0.1) is 12.9 Å². The van der Waals surface area contributed by atoms with Gasteiger partial charge < -0.3 is 9.67 Å². The van der Waals surface area contributed by atoms with Gasteiger partial charge in [-0.2, -0.15) is 0 Å². The van der Waals surface area contributed by atoms with Crippen LogP contribution in [0.4, 0.5) is 0 Å². The predicted octanol–water partition coefficient (Wildman–Crippen LogP) is 4.90. The average Bonchev–Trinajstić information content (AvgIpc) is 3.38. The summed E-state index contributed by atoms with van der Waals surface area (Å²) in [6.45, 7) is 5.07. The maximum absolute atomic E-state index is 13.2. The second-order valence-corrected chi connectivity index (χ2v) is 11.4. The fourth-order valence-corrected chi connectivity index (χ4v) is 8.82. The summed E-state index contributed by atoms with van der Waals surface area (Å²) < 4.78 is 1.92. The van der Waals surface area contributed by atoms with E-state index in [2.05, 4.69) is 30.1 Å². The molecule has 4 aliphatic carbocycles. The monoisotopic (exact) mass is 442 g/mol. The molecule has 0 saturated heterocycles. The van der Waals surface area contributed by atoms with E-state index in [-0.39, 0.29) is 17.3 Å². The lowest BCUT2D eigenvalue weighted by molar-refractivity contribution is -0.135. The molecule has 1 N–H and O–H groups in total.